The van der Waals surface area contributed by atoms with E-state index >= 15 is 0 Å². The summed E-state index contributed by atoms with van der Waals surface area (Å²) in [4.78, 5) is 51.1. The van der Waals surface area contributed by atoms with Gasteiger partial charge >= 0.3 is 18.2 Å². The van der Waals surface area contributed by atoms with Crippen molar-refractivity contribution >= 4 is 24.1 Å². The van der Waals surface area contributed by atoms with E-state index in [4.69, 9.17) is 14.2 Å². The summed E-state index contributed by atoms with van der Waals surface area (Å²) in [6.07, 6.45) is 1.67. The van der Waals surface area contributed by atoms with Crippen LogP contribution in [0.4, 0.5) is 9.59 Å². The minimum atomic E-state index is -0.804. The zero-order valence-electron chi connectivity index (χ0n) is 21.7. The molecule has 2 rings (SSSR count). The van der Waals surface area contributed by atoms with Gasteiger partial charge in [-0.25, -0.2) is 9.59 Å². The smallest absolute Gasteiger partial charge is 0.408 e. The molecule has 10 nitrogen and oxygen atoms in total. The number of rotatable bonds is 10. The zero-order valence-corrected chi connectivity index (χ0v) is 21.7. The van der Waals surface area contributed by atoms with Crippen LogP contribution in [0.2, 0.25) is 0 Å². The van der Waals surface area contributed by atoms with E-state index in [0.717, 1.165) is 5.56 Å². The summed E-state index contributed by atoms with van der Waals surface area (Å²) in [6.45, 7) is 6.56. The number of likely N-dealkylation sites (tertiary alicyclic amines) is 1. The summed E-state index contributed by atoms with van der Waals surface area (Å²) in [5, 5.41) is 5.38. The van der Waals surface area contributed by atoms with Gasteiger partial charge in [0, 0.05) is 19.6 Å². The number of hydrogen-bond acceptors (Lipinski definition) is 7. The van der Waals surface area contributed by atoms with Crippen LogP contribution in [0.15, 0.2) is 30.3 Å². The molecule has 1 saturated heterocycles. The van der Waals surface area contributed by atoms with Gasteiger partial charge in [0.1, 0.15) is 18.2 Å². The summed E-state index contributed by atoms with van der Waals surface area (Å²) in [5.74, 6) is -0.972. The monoisotopic (exact) mass is 505 g/mol. The third kappa shape index (κ3) is 10.5. The highest BCUT2D eigenvalue weighted by molar-refractivity contribution is 5.86. The summed E-state index contributed by atoms with van der Waals surface area (Å²) in [5.41, 5.74) is 0.192. The molecule has 1 aromatic carbocycles. The average Bonchev–Trinajstić information content (AvgIpc) is 2.85. The fourth-order valence-electron chi connectivity index (χ4n) is 3.90. The largest absolute Gasteiger partial charge is 0.469 e. The number of esters is 1. The number of nitrogens with zero attached hydrogens (tertiary/aromatic N) is 1. The van der Waals surface area contributed by atoms with Crippen LogP contribution in [0.1, 0.15) is 58.4 Å². The molecule has 1 aliphatic rings. The van der Waals surface area contributed by atoms with Crippen molar-refractivity contribution in [2.75, 3.05) is 26.7 Å². The number of amides is 3. The van der Waals surface area contributed by atoms with Crippen LogP contribution >= 0.6 is 0 Å². The van der Waals surface area contributed by atoms with E-state index in [0.29, 0.717) is 45.2 Å². The number of nitrogens with one attached hydrogen (secondary N) is 2. The highest BCUT2D eigenvalue weighted by Crippen LogP contribution is 2.20. The molecule has 36 heavy (non-hydrogen) atoms. The molecule has 0 aromatic heterocycles. The molecule has 0 radical (unpaired) electrons. The summed E-state index contributed by atoms with van der Waals surface area (Å²) in [7, 11) is 1.33. The second-order valence-corrected chi connectivity index (χ2v) is 9.83. The van der Waals surface area contributed by atoms with Gasteiger partial charge in [-0.15, -0.1) is 0 Å². The Bertz CT molecular complexity index is 870. The maximum atomic E-state index is 13.3. The molecule has 200 valence electrons. The van der Waals surface area contributed by atoms with Gasteiger partial charge < -0.3 is 29.7 Å². The average molecular weight is 506 g/mol. The summed E-state index contributed by atoms with van der Waals surface area (Å²) < 4.78 is 15.4. The van der Waals surface area contributed by atoms with Crippen LogP contribution in [-0.2, 0) is 30.4 Å². The Morgan fingerprint density at radius 3 is 2.47 bits per heavy atom. The number of alkyl carbamates (subject to hydrolysis) is 2. The van der Waals surface area contributed by atoms with Gasteiger partial charge in [0.05, 0.1) is 13.0 Å². The quantitative estimate of drug-likeness (QED) is 0.284. The van der Waals surface area contributed by atoms with E-state index in [9.17, 15) is 19.2 Å². The van der Waals surface area contributed by atoms with Gasteiger partial charge in [0.2, 0.25) is 5.91 Å². The first kappa shape index (κ1) is 28.9. The second kappa shape index (κ2) is 14.3. The molecular weight excluding hydrogens is 466 g/mol. The Morgan fingerprint density at radius 2 is 1.81 bits per heavy atom. The summed E-state index contributed by atoms with van der Waals surface area (Å²) >= 11 is 0. The molecule has 1 fully saturated rings. The zero-order chi connectivity index (χ0) is 26.6. The van der Waals surface area contributed by atoms with Crippen molar-refractivity contribution in [2.45, 2.75) is 71.1 Å². The van der Waals surface area contributed by atoms with Crippen LogP contribution < -0.4 is 10.6 Å². The van der Waals surface area contributed by atoms with Crippen molar-refractivity contribution in [3.63, 3.8) is 0 Å². The third-order valence-electron chi connectivity index (χ3n) is 5.66. The topological polar surface area (TPSA) is 123 Å². The lowest BCUT2D eigenvalue weighted by molar-refractivity contribution is -0.149. The van der Waals surface area contributed by atoms with E-state index in [1.165, 1.54) is 7.11 Å². The van der Waals surface area contributed by atoms with Crippen LogP contribution in [-0.4, -0.2) is 67.3 Å². The molecule has 2 atom stereocenters. The number of unbranched alkanes of at least 4 members (excludes halogenated alkanes) is 1. The number of piperidine rings is 1. The Morgan fingerprint density at radius 1 is 1.08 bits per heavy atom. The molecule has 0 bridgehead atoms. The fraction of sp³-hybridized carbons (Fsp3) is 0.615. The Balaban J connectivity index is 1.85. The minimum absolute atomic E-state index is 0.186. The van der Waals surface area contributed by atoms with E-state index in [1.54, 1.807) is 25.7 Å². The molecule has 0 saturated carbocycles. The molecule has 1 unspecified atom stereocenters. The first-order valence-electron chi connectivity index (χ1n) is 12.4. The van der Waals surface area contributed by atoms with E-state index in [-0.39, 0.29) is 30.9 Å². The first-order valence-corrected chi connectivity index (χ1v) is 12.4. The van der Waals surface area contributed by atoms with Gasteiger partial charge in [-0.2, -0.15) is 0 Å². The van der Waals surface area contributed by atoms with Gasteiger partial charge in [0.15, 0.2) is 0 Å². The molecular formula is C26H39N3O7. The highest BCUT2D eigenvalue weighted by Gasteiger charge is 2.33. The number of ether oxygens (including phenoxy) is 3. The van der Waals surface area contributed by atoms with Gasteiger partial charge in [-0.1, -0.05) is 30.3 Å². The lowest BCUT2D eigenvalue weighted by Gasteiger charge is -2.34. The van der Waals surface area contributed by atoms with Crippen LogP contribution in [0, 0.1) is 5.92 Å². The fourth-order valence-corrected chi connectivity index (χ4v) is 3.90. The number of benzene rings is 1. The predicted molar refractivity (Wildman–Crippen MR) is 133 cm³/mol. The van der Waals surface area contributed by atoms with Crippen LogP contribution in [0.3, 0.4) is 0 Å². The van der Waals surface area contributed by atoms with E-state index < -0.39 is 23.8 Å². The Hall–Kier alpha value is -3.30. The van der Waals surface area contributed by atoms with Crippen molar-refractivity contribution in [3.05, 3.63) is 35.9 Å². The predicted octanol–water partition coefficient (Wildman–Crippen LogP) is 3.39. The molecule has 10 heteroatoms. The van der Waals surface area contributed by atoms with E-state index in [1.807, 2.05) is 30.3 Å². The number of hydrogen-bond donors (Lipinski definition) is 2. The SMILES string of the molecule is COC(=O)C1CCCN(C(=O)[C@H](CCCCNC(=O)OCc2ccccc2)NC(=O)OC(C)(C)C)C1. The minimum Gasteiger partial charge on any atom is -0.469 e. The first-order chi connectivity index (χ1) is 17.1. The van der Waals surface area contributed by atoms with Crippen LogP contribution in [0.25, 0.3) is 0 Å². The normalized spacial score (nSPS) is 16.4. The standard InChI is InChI=1S/C26H39N3O7/c1-26(2,3)36-25(33)28-21(22(30)29-16-10-13-20(17-29)23(31)34-4)14-8-9-15-27-24(32)35-18-19-11-6-5-7-12-19/h5-7,11-12,20-21H,8-10,13-18H2,1-4H3,(H,27,32)(H,28,33)/t20?,21-/m0/s1. The van der Waals surface area contributed by atoms with Gasteiger partial charge in [-0.05, 0) is 58.4 Å². The van der Waals surface area contributed by atoms with Crippen molar-refractivity contribution < 1.29 is 33.4 Å². The molecule has 0 aliphatic carbocycles. The number of carbonyl (C=O) groups is 4. The highest BCUT2D eigenvalue weighted by atomic mass is 16.6. The molecule has 2 N–H and O–H groups in total. The lowest BCUT2D eigenvalue weighted by Crippen LogP contribution is -2.52. The number of carbonyl (C=O) groups excluding carboxylic acids is 4. The van der Waals surface area contributed by atoms with Crippen molar-refractivity contribution in [1.82, 2.24) is 15.5 Å². The Labute approximate surface area is 213 Å². The number of methoxy groups -OCH3 is 1. The van der Waals surface area contributed by atoms with E-state index in [2.05, 4.69) is 10.6 Å². The second-order valence-electron chi connectivity index (χ2n) is 9.83. The lowest BCUT2D eigenvalue weighted by atomic mass is 9.97. The molecule has 3 amide bonds. The van der Waals surface area contributed by atoms with Crippen molar-refractivity contribution in [2.24, 2.45) is 5.92 Å². The molecule has 1 heterocycles. The third-order valence-corrected chi connectivity index (χ3v) is 5.66. The maximum absolute atomic E-state index is 13.3. The summed E-state index contributed by atoms with van der Waals surface area (Å²) in [6, 6.07) is 8.58. The molecule has 1 aliphatic heterocycles. The van der Waals surface area contributed by atoms with Gasteiger partial charge in [-0.3, -0.25) is 9.59 Å². The van der Waals surface area contributed by atoms with Crippen LogP contribution in [0.5, 0.6) is 0 Å². The maximum Gasteiger partial charge on any atom is 0.408 e. The van der Waals surface area contributed by atoms with Crippen molar-refractivity contribution in [3.8, 4) is 0 Å². The molecule has 0 spiro atoms. The molecule has 1 aromatic rings. The van der Waals surface area contributed by atoms with Crippen molar-refractivity contribution in [1.29, 1.82) is 0 Å². The van der Waals surface area contributed by atoms with Gasteiger partial charge in [0.25, 0.3) is 0 Å². The Kier molecular flexibility index (Phi) is 11.5.